The summed E-state index contributed by atoms with van der Waals surface area (Å²) in [5.41, 5.74) is 0. The highest BCUT2D eigenvalue weighted by Crippen LogP contribution is 2.29. The maximum atomic E-state index is 5.75. The van der Waals surface area contributed by atoms with Crippen LogP contribution in [0.15, 0.2) is 24.3 Å². The Morgan fingerprint density at radius 1 is 1.10 bits per heavy atom. The fraction of sp³-hybridized carbons (Fsp3) is 0.667. The van der Waals surface area contributed by atoms with Crippen LogP contribution in [0.25, 0.3) is 0 Å². The van der Waals surface area contributed by atoms with E-state index in [1.807, 2.05) is 24.3 Å². The first-order valence-electron chi connectivity index (χ1n) is 8.21. The van der Waals surface area contributed by atoms with Crippen molar-refractivity contribution in [3.05, 3.63) is 24.3 Å². The number of ether oxygens (including phenoxy) is 2. The van der Waals surface area contributed by atoms with E-state index in [9.17, 15) is 0 Å². The van der Waals surface area contributed by atoms with Gasteiger partial charge in [0.25, 0.3) is 0 Å². The number of nitrogens with one attached hydrogen (secondary N) is 1. The third kappa shape index (κ3) is 4.92. The topological polar surface area (TPSA) is 30.5 Å². The third-order valence-corrected chi connectivity index (χ3v) is 4.76. The summed E-state index contributed by atoms with van der Waals surface area (Å²) in [4.78, 5) is 0. The van der Waals surface area contributed by atoms with E-state index in [-0.39, 0.29) is 0 Å². The standard InChI is InChI=1S/C18H29NO2/c1-14-6-4-7-18(15(14)2)19-12-5-13-21-17-10-8-16(20-3)9-11-17/h8-11,14-15,18-19H,4-7,12-13H2,1-3H3/t14-,15+,18+/m0/s1. The molecule has 1 N–H and O–H groups in total. The second-order valence-electron chi connectivity index (χ2n) is 6.21. The highest BCUT2D eigenvalue weighted by atomic mass is 16.5. The molecule has 21 heavy (non-hydrogen) atoms. The molecule has 3 heteroatoms. The normalized spacial score (nSPS) is 25.6. The largest absolute Gasteiger partial charge is 0.497 e. The van der Waals surface area contributed by atoms with Crippen LogP contribution in [0.3, 0.4) is 0 Å². The minimum atomic E-state index is 0.690. The molecule has 3 nitrogen and oxygen atoms in total. The summed E-state index contributed by atoms with van der Waals surface area (Å²) < 4.78 is 10.9. The molecule has 2 rings (SSSR count). The molecule has 0 amide bonds. The summed E-state index contributed by atoms with van der Waals surface area (Å²) in [5, 5.41) is 3.71. The monoisotopic (exact) mass is 291 g/mol. The van der Waals surface area contributed by atoms with Gasteiger partial charge in [-0.3, -0.25) is 0 Å². The molecule has 0 unspecified atom stereocenters. The van der Waals surface area contributed by atoms with Crippen LogP contribution >= 0.6 is 0 Å². The summed E-state index contributed by atoms with van der Waals surface area (Å²) in [5.74, 6) is 3.42. The van der Waals surface area contributed by atoms with Gasteiger partial charge in [0.05, 0.1) is 13.7 Å². The van der Waals surface area contributed by atoms with E-state index in [2.05, 4.69) is 19.2 Å². The number of hydrogen-bond acceptors (Lipinski definition) is 3. The molecular formula is C18H29NO2. The lowest BCUT2D eigenvalue weighted by Crippen LogP contribution is -2.41. The van der Waals surface area contributed by atoms with Gasteiger partial charge in [-0.1, -0.05) is 26.7 Å². The average molecular weight is 291 g/mol. The zero-order chi connectivity index (χ0) is 15.1. The van der Waals surface area contributed by atoms with Crippen LogP contribution < -0.4 is 14.8 Å². The van der Waals surface area contributed by atoms with Crippen molar-refractivity contribution in [2.75, 3.05) is 20.3 Å². The van der Waals surface area contributed by atoms with Gasteiger partial charge in [-0.25, -0.2) is 0 Å². The van der Waals surface area contributed by atoms with Crippen LogP contribution in [-0.2, 0) is 0 Å². The zero-order valence-electron chi connectivity index (χ0n) is 13.6. The molecule has 1 fully saturated rings. The number of benzene rings is 1. The van der Waals surface area contributed by atoms with Crippen molar-refractivity contribution in [3.63, 3.8) is 0 Å². The van der Waals surface area contributed by atoms with Crippen LogP contribution in [0.5, 0.6) is 11.5 Å². The molecule has 0 radical (unpaired) electrons. The van der Waals surface area contributed by atoms with E-state index < -0.39 is 0 Å². The zero-order valence-corrected chi connectivity index (χ0v) is 13.6. The quantitative estimate of drug-likeness (QED) is 0.773. The lowest BCUT2D eigenvalue weighted by atomic mass is 9.78. The minimum Gasteiger partial charge on any atom is -0.497 e. The molecule has 3 atom stereocenters. The van der Waals surface area contributed by atoms with Gasteiger partial charge in [-0.05, 0) is 55.5 Å². The van der Waals surface area contributed by atoms with Crippen molar-refractivity contribution in [2.24, 2.45) is 11.8 Å². The smallest absolute Gasteiger partial charge is 0.119 e. The summed E-state index contributed by atoms with van der Waals surface area (Å²) in [7, 11) is 1.68. The number of rotatable bonds is 7. The molecule has 1 aromatic carbocycles. The lowest BCUT2D eigenvalue weighted by Gasteiger charge is -2.34. The Hall–Kier alpha value is -1.22. The van der Waals surface area contributed by atoms with Crippen molar-refractivity contribution in [3.8, 4) is 11.5 Å². The SMILES string of the molecule is COc1ccc(OCCCN[C@@H]2CCC[C@H](C)[C@H]2C)cc1. The first kappa shape index (κ1) is 16.2. The fourth-order valence-electron chi connectivity index (χ4n) is 3.09. The van der Waals surface area contributed by atoms with E-state index in [0.29, 0.717) is 6.04 Å². The van der Waals surface area contributed by atoms with Gasteiger partial charge in [0.1, 0.15) is 11.5 Å². The Balaban J connectivity index is 1.61. The molecule has 1 aliphatic rings. The van der Waals surface area contributed by atoms with Crippen LogP contribution in [0, 0.1) is 11.8 Å². The van der Waals surface area contributed by atoms with Crippen molar-refractivity contribution < 1.29 is 9.47 Å². The van der Waals surface area contributed by atoms with Gasteiger partial charge >= 0.3 is 0 Å². The summed E-state index contributed by atoms with van der Waals surface area (Å²) in [6.07, 6.45) is 5.12. The van der Waals surface area contributed by atoms with Crippen molar-refractivity contribution >= 4 is 0 Å². The second kappa shape index (κ2) is 8.28. The first-order chi connectivity index (χ1) is 10.2. The molecular weight excluding hydrogens is 262 g/mol. The number of methoxy groups -OCH3 is 1. The van der Waals surface area contributed by atoms with E-state index in [1.165, 1.54) is 19.3 Å². The Labute approximate surface area is 129 Å². The summed E-state index contributed by atoms with van der Waals surface area (Å²) in [6.45, 7) is 6.56. The Morgan fingerprint density at radius 3 is 2.52 bits per heavy atom. The lowest BCUT2D eigenvalue weighted by molar-refractivity contribution is 0.203. The summed E-state index contributed by atoms with van der Waals surface area (Å²) in [6, 6.07) is 8.46. The predicted octanol–water partition coefficient (Wildman–Crippen LogP) is 3.88. The Morgan fingerprint density at radius 2 is 1.81 bits per heavy atom. The minimum absolute atomic E-state index is 0.690. The number of hydrogen-bond donors (Lipinski definition) is 1. The van der Waals surface area contributed by atoms with Crippen LogP contribution in [-0.4, -0.2) is 26.3 Å². The average Bonchev–Trinajstić information content (AvgIpc) is 2.51. The van der Waals surface area contributed by atoms with Crippen LogP contribution in [0.1, 0.15) is 39.5 Å². The van der Waals surface area contributed by atoms with Crippen molar-refractivity contribution in [2.45, 2.75) is 45.6 Å². The second-order valence-corrected chi connectivity index (χ2v) is 6.21. The molecule has 0 bridgehead atoms. The molecule has 1 aliphatic carbocycles. The maximum Gasteiger partial charge on any atom is 0.119 e. The van der Waals surface area contributed by atoms with E-state index >= 15 is 0 Å². The van der Waals surface area contributed by atoms with Crippen LogP contribution in [0.2, 0.25) is 0 Å². The van der Waals surface area contributed by atoms with E-state index in [4.69, 9.17) is 9.47 Å². The third-order valence-electron chi connectivity index (χ3n) is 4.76. The highest BCUT2D eigenvalue weighted by molar-refractivity contribution is 5.31. The van der Waals surface area contributed by atoms with Crippen molar-refractivity contribution in [1.82, 2.24) is 5.32 Å². The van der Waals surface area contributed by atoms with Gasteiger partial charge in [-0.2, -0.15) is 0 Å². The highest BCUT2D eigenvalue weighted by Gasteiger charge is 2.26. The fourth-order valence-corrected chi connectivity index (χ4v) is 3.09. The van der Waals surface area contributed by atoms with E-state index in [0.717, 1.165) is 42.9 Å². The molecule has 118 valence electrons. The van der Waals surface area contributed by atoms with E-state index in [1.54, 1.807) is 7.11 Å². The van der Waals surface area contributed by atoms with Gasteiger partial charge < -0.3 is 14.8 Å². The van der Waals surface area contributed by atoms with Gasteiger partial charge in [-0.15, -0.1) is 0 Å². The molecule has 0 saturated heterocycles. The van der Waals surface area contributed by atoms with Gasteiger partial charge in [0.2, 0.25) is 0 Å². The molecule has 0 aliphatic heterocycles. The Bertz CT molecular complexity index is 404. The predicted molar refractivity (Wildman–Crippen MR) is 87.1 cm³/mol. The van der Waals surface area contributed by atoms with Crippen LogP contribution in [0.4, 0.5) is 0 Å². The molecule has 1 saturated carbocycles. The summed E-state index contributed by atoms with van der Waals surface area (Å²) >= 11 is 0. The first-order valence-corrected chi connectivity index (χ1v) is 8.21. The Kier molecular flexibility index (Phi) is 6.37. The molecule has 1 aromatic rings. The van der Waals surface area contributed by atoms with Gasteiger partial charge in [0, 0.05) is 6.04 Å². The molecule has 0 spiro atoms. The maximum absolute atomic E-state index is 5.75. The molecule has 0 heterocycles. The van der Waals surface area contributed by atoms with Crippen molar-refractivity contribution in [1.29, 1.82) is 0 Å². The molecule has 0 aromatic heterocycles. The van der Waals surface area contributed by atoms with Gasteiger partial charge in [0.15, 0.2) is 0 Å².